The average Bonchev–Trinajstić information content (AvgIpc) is 3.02. The Morgan fingerprint density at radius 3 is 2.52 bits per heavy atom. The van der Waals surface area contributed by atoms with E-state index >= 15 is 0 Å². The van der Waals surface area contributed by atoms with Crippen LogP contribution < -0.4 is 10.1 Å². The van der Waals surface area contributed by atoms with Gasteiger partial charge in [-0.2, -0.15) is 5.10 Å². The van der Waals surface area contributed by atoms with Crippen LogP contribution in [0.1, 0.15) is 30.2 Å². The van der Waals surface area contributed by atoms with E-state index in [1.54, 1.807) is 16.9 Å². The summed E-state index contributed by atoms with van der Waals surface area (Å²) in [5, 5.41) is 6.90. The van der Waals surface area contributed by atoms with Crippen LogP contribution in [0, 0.1) is 0 Å². The van der Waals surface area contributed by atoms with Crippen LogP contribution >= 0.6 is 0 Å². The first-order valence-corrected chi connectivity index (χ1v) is 9.08. The lowest BCUT2D eigenvalue weighted by molar-refractivity contribution is 0.102. The Hall–Kier alpha value is -2.39. The summed E-state index contributed by atoms with van der Waals surface area (Å²) in [4.78, 5) is 12.5. The van der Waals surface area contributed by atoms with Crippen LogP contribution in [0.25, 0.3) is 0 Å². The molecule has 1 aromatic heterocycles. The molecular formula is C16H22N4O4S. The van der Waals surface area contributed by atoms with Gasteiger partial charge in [-0.05, 0) is 32.0 Å². The Labute approximate surface area is 147 Å². The minimum Gasteiger partial charge on any atom is -0.495 e. The highest BCUT2D eigenvalue weighted by molar-refractivity contribution is 7.89. The lowest BCUT2D eigenvalue weighted by atomic mass is 10.2. The van der Waals surface area contributed by atoms with Gasteiger partial charge in [-0.15, -0.1) is 0 Å². The Kier molecular flexibility index (Phi) is 5.48. The average molecular weight is 366 g/mol. The SMILES string of the molecule is COc1ccc(C(=O)Nc2ccnn2C(C)C)cc1S(=O)(=O)N(C)C. The third-order valence-corrected chi connectivity index (χ3v) is 5.42. The summed E-state index contributed by atoms with van der Waals surface area (Å²) < 4.78 is 32.8. The van der Waals surface area contributed by atoms with Crippen LogP contribution in [0.3, 0.4) is 0 Å². The smallest absolute Gasteiger partial charge is 0.256 e. The van der Waals surface area contributed by atoms with Crippen molar-refractivity contribution < 1.29 is 17.9 Å². The number of hydrogen-bond donors (Lipinski definition) is 1. The van der Waals surface area contributed by atoms with Gasteiger partial charge in [0, 0.05) is 31.8 Å². The minimum atomic E-state index is -3.75. The number of carbonyl (C=O) groups is 1. The van der Waals surface area contributed by atoms with Gasteiger partial charge >= 0.3 is 0 Å². The molecule has 0 radical (unpaired) electrons. The molecule has 0 saturated carbocycles. The maximum absolute atomic E-state index is 12.5. The Bertz CT molecular complexity index is 872. The number of nitrogens with one attached hydrogen (secondary N) is 1. The first kappa shape index (κ1) is 18.9. The number of methoxy groups -OCH3 is 1. The number of rotatable bonds is 6. The summed E-state index contributed by atoms with van der Waals surface area (Å²) in [6, 6.07) is 6.04. The summed E-state index contributed by atoms with van der Waals surface area (Å²) in [5.41, 5.74) is 0.206. The van der Waals surface area contributed by atoms with Gasteiger partial charge in [0.15, 0.2) is 0 Å². The zero-order valence-electron chi connectivity index (χ0n) is 14.8. The number of nitrogens with zero attached hydrogens (tertiary/aromatic N) is 3. The van der Waals surface area contributed by atoms with Crippen molar-refractivity contribution in [3.05, 3.63) is 36.0 Å². The van der Waals surface area contributed by atoms with E-state index < -0.39 is 15.9 Å². The number of carbonyl (C=O) groups excluding carboxylic acids is 1. The molecule has 0 unspecified atom stereocenters. The normalized spacial score (nSPS) is 11.8. The first-order valence-electron chi connectivity index (χ1n) is 7.64. The van der Waals surface area contributed by atoms with E-state index in [2.05, 4.69) is 10.4 Å². The molecule has 0 saturated heterocycles. The van der Waals surface area contributed by atoms with Crippen molar-refractivity contribution in [1.82, 2.24) is 14.1 Å². The molecule has 8 nitrogen and oxygen atoms in total. The summed E-state index contributed by atoms with van der Waals surface area (Å²) in [6.45, 7) is 3.88. The number of hydrogen-bond acceptors (Lipinski definition) is 5. The maximum atomic E-state index is 12.5. The number of amides is 1. The fourth-order valence-corrected chi connectivity index (χ4v) is 3.30. The molecule has 1 aromatic carbocycles. The molecule has 0 fully saturated rings. The molecule has 1 amide bonds. The zero-order valence-corrected chi connectivity index (χ0v) is 15.7. The summed E-state index contributed by atoms with van der Waals surface area (Å²) in [6.07, 6.45) is 1.59. The lowest BCUT2D eigenvalue weighted by Gasteiger charge is -2.16. The molecule has 0 bridgehead atoms. The van der Waals surface area contributed by atoms with E-state index in [0.717, 1.165) is 4.31 Å². The van der Waals surface area contributed by atoms with Gasteiger partial charge in [-0.1, -0.05) is 0 Å². The number of benzene rings is 1. The molecule has 136 valence electrons. The second-order valence-electron chi connectivity index (χ2n) is 5.86. The molecule has 0 aliphatic rings. The molecule has 2 rings (SSSR count). The van der Waals surface area contributed by atoms with E-state index in [1.165, 1.54) is 39.4 Å². The topological polar surface area (TPSA) is 93.5 Å². The third kappa shape index (κ3) is 3.83. The van der Waals surface area contributed by atoms with Crippen molar-refractivity contribution in [3.8, 4) is 5.75 Å². The number of sulfonamides is 1. The van der Waals surface area contributed by atoms with Crippen LogP contribution in [0.15, 0.2) is 35.4 Å². The van der Waals surface area contributed by atoms with Crippen LogP contribution in [-0.2, 0) is 10.0 Å². The quantitative estimate of drug-likeness (QED) is 0.844. The van der Waals surface area contributed by atoms with E-state index in [-0.39, 0.29) is 22.3 Å². The maximum Gasteiger partial charge on any atom is 0.256 e. The molecule has 1 N–H and O–H groups in total. The van der Waals surface area contributed by atoms with Crippen molar-refractivity contribution in [3.63, 3.8) is 0 Å². The zero-order chi connectivity index (χ0) is 18.8. The summed E-state index contributed by atoms with van der Waals surface area (Å²) in [7, 11) is 0.470. The van der Waals surface area contributed by atoms with Gasteiger partial charge in [0.2, 0.25) is 10.0 Å². The van der Waals surface area contributed by atoms with Gasteiger partial charge in [0.05, 0.1) is 13.3 Å². The standard InChI is InChI=1S/C16H22N4O4S/c1-11(2)20-15(8-9-17-20)18-16(21)12-6-7-13(24-5)14(10-12)25(22,23)19(3)4/h6-11H,1-5H3,(H,18,21). The summed E-state index contributed by atoms with van der Waals surface area (Å²) in [5.74, 6) is 0.283. The number of aromatic nitrogens is 2. The highest BCUT2D eigenvalue weighted by Gasteiger charge is 2.24. The predicted octanol–water partition coefficient (Wildman–Crippen LogP) is 1.98. The van der Waals surface area contributed by atoms with Gasteiger partial charge in [0.1, 0.15) is 16.5 Å². The predicted molar refractivity (Wildman–Crippen MR) is 94.4 cm³/mol. The number of ether oxygens (including phenoxy) is 1. The van der Waals surface area contributed by atoms with Crippen LogP contribution in [0.4, 0.5) is 5.82 Å². The van der Waals surface area contributed by atoms with Crippen molar-refractivity contribution >= 4 is 21.7 Å². The molecular weight excluding hydrogens is 344 g/mol. The molecule has 1 heterocycles. The van der Waals surface area contributed by atoms with Crippen molar-refractivity contribution in [2.45, 2.75) is 24.8 Å². The molecule has 25 heavy (non-hydrogen) atoms. The highest BCUT2D eigenvalue weighted by atomic mass is 32.2. The molecule has 0 spiro atoms. The summed E-state index contributed by atoms with van der Waals surface area (Å²) >= 11 is 0. The van der Waals surface area contributed by atoms with Crippen molar-refractivity contribution in [2.75, 3.05) is 26.5 Å². The Morgan fingerprint density at radius 2 is 1.96 bits per heavy atom. The highest BCUT2D eigenvalue weighted by Crippen LogP contribution is 2.27. The lowest BCUT2D eigenvalue weighted by Crippen LogP contribution is -2.23. The van der Waals surface area contributed by atoms with E-state index in [9.17, 15) is 13.2 Å². The fraction of sp³-hybridized carbons (Fsp3) is 0.375. The first-order chi connectivity index (χ1) is 11.7. The minimum absolute atomic E-state index is 0.0648. The van der Waals surface area contributed by atoms with E-state index in [4.69, 9.17) is 4.74 Å². The molecule has 0 aliphatic carbocycles. The van der Waals surface area contributed by atoms with Crippen molar-refractivity contribution in [2.24, 2.45) is 0 Å². The van der Waals surface area contributed by atoms with Crippen LogP contribution in [0.5, 0.6) is 5.75 Å². The van der Waals surface area contributed by atoms with Gasteiger partial charge in [-0.25, -0.2) is 17.4 Å². The van der Waals surface area contributed by atoms with Crippen LogP contribution in [-0.4, -0.2) is 49.6 Å². The van der Waals surface area contributed by atoms with Gasteiger partial charge in [-0.3, -0.25) is 4.79 Å². The molecule has 9 heteroatoms. The third-order valence-electron chi connectivity index (χ3n) is 3.59. The van der Waals surface area contributed by atoms with Gasteiger partial charge < -0.3 is 10.1 Å². The molecule has 2 aromatic rings. The largest absolute Gasteiger partial charge is 0.495 e. The van der Waals surface area contributed by atoms with E-state index in [0.29, 0.717) is 5.82 Å². The van der Waals surface area contributed by atoms with Gasteiger partial charge in [0.25, 0.3) is 5.91 Å². The fourth-order valence-electron chi connectivity index (χ4n) is 2.23. The number of anilines is 1. The second kappa shape index (κ2) is 7.24. The second-order valence-corrected chi connectivity index (χ2v) is 7.98. The Morgan fingerprint density at radius 1 is 1.28 bits per heavy atom. The molecule has 0 atom stereocenters. The van der Waals surface area contributed by atoms with E-state index in [1.807, 2.05) is 13.8 Å². The monoisotopic (exact) mass is 366 g/mol. The van der Waals surface area contributed by atoms with Crippen LogP contribution in [0.2, 0.25) is 0 Å². The Balaban J connectivity index is 2.40. The van der Waals surface area contributed by atoms with Crippen molar-refractivity contribution in [1.29, 1.82) is 0 Å². The molecule has 0 aliphatic heterocycles.